The minimum Gasteiger partial charge on any atom is -0.359 e. The van der Waals surface area contributed by atoms with Gasteiger partial charge in [-0.1, -0.05) is 30.3 Å². The van der Waals surface area contributed by atoms with Crippen LogP contribution in [0.5, 0.6) is 0 Å². The third-order valence-corrected chi connectivity index (χ3v) is 4.21. The van der Waals surface area contributed by atoms with Crippen molar-refractivity contribution >= 4 is 17.6 Å². The fourth-order valence-electron chi connectivity index (χ4n) is 2.73. The van der Waals surface area contributed by atoms with E-state index in [2.05, 4.69) is 16.0 Å². The summed E-state index contributed by atoms with van der Waals surface area (Å²) in [6, 6.07) is 12.9. The van der Waals surface area contributed by atoms with Gasteiger partial charge in [-0.2, -0.15) is 0 Å². The Morgan fingerprint density at radius 2 is 1.85 bits per heavy atom. The first kappa shape index (κ1) is 20.4. The highest BCUT2D eigenvalue weighted by Crippen LogP contribution is 2.19. The van der Waals surface area contributed by atoms with E-state index in [1.54, 1.807) is 31.3 Å². The Morgan fingerprint density at radius 3 is 2.52 bits per heavy atom. The summed E-state index contributed by atoms with van der Waals surface area (Å²) in [5.74, 6) is -0.449. The van der Waals surface area contributed by atoms with Crippen molar-refractivity contribution in [1.29, 1.82) is 0 Å². The maximum absolute atomic E-state index is 13.5. The molecule has 0 radical (unpaired) electrons. The Labute approximate surface area is 158 Å². The molecule has 3 amide bonds. The lowest BCUT2D eigenvalue weighted by Gasteiger charge is -2.25. The molecule has 0 saturated heterocycles. The van der Waals surface area contributed by atoms with Crippen molar-refractivity contribution in [1.82, 2.24) is 15.5 Å². The number of likely N-dealkylation sites (N-methyl/N-ethyl adjacent to an activating group) is 2. The van der Waals surface area contributed by atoms with Gasteiger partial charge in [0.1, 0.15) is 5.82 Å². The number of anilines is 1. The Kier molecular flexibility index (Phi) is 7.31. The second-order valence-corrected chi connectivity index (χ2v) is 6.38. The molecule has 144 valence electrons. The van der Waals surface area contributed by atoms with Crippen molar-refractivity contribution in [3.05, 3.63) is 65.5 Å². The van der Waals surface area contributed by atoms with Crippen LogP contribution in [0.25, 0.3) is 0 Å². The number of para-hydroxylation sites is 1. The molecule has 0 aliphatic carbocycles. The van der Waals surface area contributed by atoms with Gasteiger partial charge in [-0.05, 0) is 43.4 Å². The van der Waals surface area contributed by atoms with Crippen molar-refractivity contribution in [3.8, 4) is 0 Å². The smallest absolute Gasteiger partial charge is 0.319 e. The zero-order chi connectivity index (χ0) is 19.8. The van der Waals surface area contributed by atoms with Crippen LogP contribution >= 0.6 is 0 Å². The Balaban J connectivity index is 2.02. The van der Waals surface area contributed by atoms with E-state index in [-0.39, 0.29) is 30.2 Å². The average Bonchev–Trinajstić information content (AvgIpc) is 2.63. The number of hydrogen-bond acceptors (Lipinski definition) is 3. The summed E-state index contributed by atoms with van der Waals surface area (Å²) >= 11 is 0. The lowest BCUT2D eigenvalue weighted by molar-refractivity contribution is -0.119. The van der Waals surface area contributed by atoms with Crippen LogP contribution in [0, 0.1) is 5.82 Å². The first-order valence-electron chi connectivity index (χ1n) is 8.66. The van der Waals surface area contributed by atoms with Crippen LogP contribution in [-0.4, -0.2) is 44.5 Å². The number of amides is 3. The van der Waals surface area contributed by atoms with Crippen LogP contribution in [0.4, 0.5) is 14.9 Å². The summed E-state index contributed by atoms with van der Waals surface area (Å²) in [7, 11) is 5.31. The maximum atomic E-state index is 13.5. The van der Waals surface area contributed by atoms with Crippen LogP contribution < -0.4 is 16.0 Å². The number of urea groups is 1. The molecule has 0 fully saturated rings. The second kappa shape index (κ2) is 9.68. The standard InChI is InChI=1S/C20H25FN4O2/c1-22-19(26)12-14-7-4-5-10-17(14)24-20(27)23-13-18(25(2)3)15-8-6-9-16(21)11-15/h4-11,18H,12-13H2,1-3H3,(H,22,26)(H2,23,24,27). The first-order chi connectivity index (χ1) is 12.9. The summed E-state index contributed by atoms with van der Waals surface area (Å²) in [6.07, 6.45) is 0.177. The summed E-state index contributed by atoms with van der Waals surface area (Å²) in [6.45, 7) is 0.305. The number of carbonyl (C=O) groups is 2. The molecule has 2 aromatic rings. The van der Waals surface area contributed by atoms with E-state index in [4.69, 9.17) is 0 Å². The maximum Gasteiger partial charge on any atom is 0.319 e. The zero-order valence-corrected chi connectivity index (χ0v) is 15.8. The van der Waals surface area contributed by atoms with Gasteiger partial charge in [0.05, 0.1) is 12.5 Å². The molecule has 1 atom stereocenters. The highest BCUT2D eigenvalue weighted by atomic mass is 19.1. The molecule has 27 heavy (non-hydrogen) atoms. The van der Waals surface area contributed by atoms with Gasteiger partial charge in [0.15, 0.2) is 0 Å². The quantitative estimate of drug-likeness (QED) is 0.699. The molecule has 0 aliphatic heterocycles. The largest absolute Gasteiger partial charge is 0.359 e. The van der Waals surface area contributed by atoms with E-state index in [0.29, 0.717) is 12.2 Å². The number of rotatable bonds is 7. The minimum absolute atomic E-state index is 0.136. The highest BCUT2D eigenvalue weighted by molar-refractivity contribution is 5.91. The molecule has 6 nitrogen and oxygen atoms in total. The molecule has 1 unspecified atom stereocenters. The highest BCUT2D eigenvalue weighted by Gasteiger charge is 2.16. The minimum atomic E-state index is -0.386. The normalized spacial score (nSPS) is 11.7. The third kappa shape index (κ3) is 6.07. The van der Waals surface area contributed by atoms with Crippen molar-refractivity contribution in [2.75, 3.05) is 33.0 Å². The molecular formula is C20H25FN4O2. The molecule has 0 spiro atoms. The van der Waals surface area contributed by atoms with Gasteiger partial charge >= 0.3 is 6.03 Å². The Bertz CT molecular complexity index is 795. The van der Waals surface area contributed by atoms with Gasteiger partial charge in [-0.25, -0.2) is 9.18 Å². The average molecular weight is 372 g/mol. The molecule has 2 aromatic carbocycles. The van der Waals surface area contributed by atoms with Gasteiger partial charge in [0.25, 0.3) is 0 Å². The van der Waals surface area contributed by atoms with Crippen molar-refractivity contribution in [2.24, 2.45) is 0 Å². The van der Waals surface area contributed by atoms with Crippen LogP contribution in [0.3, 0.4) is 0 Å². The summed E-state index contributed by atoms with van der Waals surface area (Å²) in [5.41, 5.74) is 2.08. The van der Waals surface area contributed by atoms with Gasteiger partial charge < -0.3 is 20.9 Å². The van der Waals surface area contributed by atoms with Gasteiger partial charge in [0.2, 0.25) is 5.91 Å². The fourth-order valence-corrected chi connectivity index (χ4v) is 2.73. The molecule has 0 aromatic heterocycles. The van der Waals surface area contributed by atoms with E-state index < -0.39 is 0 Å². The van der Waals surface area contributed by atoms with Crippen LogP contribution in [0.1, 0.15) is 17.2 Å². The predicted molar refractivity (Wildman–Crippen MR) is 104 cm³/mol. The number of halogens is 1. The topological polar surface area (TPSA) is 73.5 Å². The molecule has 7 heteroatoms. The molecule has 3 N–H and O–H groups in total. The van der Waals surface area contributed by atoms with Crippen LogP contribution in [-0.2, 0) is 11.2 Å². The van der Waals surface area contributed by atoms with Crippen molar-refractivity contribution < 1.29 is 14.0 Å². The lowest BCUT2D eigenvalue weighted by Crippen LogP contribution is -2.37. The number of benzene rings is 2. The van der Waals surface area contributed by atoms with E-state index in [9.17, 15) is 14.0 Å². The lowest BCUT2D eigenvalue weighted by atomic mass is 10.1. The fraction of sp³-hybridized carbons (Fsp3) is 0.300. The summed E-state index contributed by atoms with van der Waals surface area (Å²) in [4.78, 5) is 25.9. The van der Waals surface area contributed by atoms with Gasteiger partial charge in [0, 0.05) is 19.3 Å². The molecule has 2 rings (SSSR count). The Hall–Kier alpha value is -2.93. The molecule has 0 aliphatic rings. The molecule has 0 heterocycles. The number of nitrogens with one attached hydrogen (secondary N) is 3. The van der Waals surface area contributed by atoms with Gasteiger partial charge in [-0.3, -0.25) is 4.79 Å². The van der Waals surface area contributed by atoms with Crippen LogP contribution in [0.2, 0.25) is 0 Å². The SMILES string of the molecule is CNC(=O)Cc1ccccc1NC(=O)NCC(c1cccc(F)c1)N(C)C. The summed E-state index contributed by atoms with van der Waals surface area (Å²) < 4.78 is 13.5. The molecule has 0 bridgehead atoms. The van der Waals surface area contributed by atoms with E-state index in [1.807, 2.05) is 31.1 Å². The third-order valence-electron chi connectivity index (χ3n) is 4.21. The monoisotopic (exact) mass is 372 g/mol. The zero-order valence-electron chi connectivity index (χ0n) is 15.8. The summed E-state index contributed by atoms with van der Waals surface area (Å²) in [5, 5.41) is 8.15. The predicted octanol–water partition coefficient (Wildman–Crippen LogP) is 2.54. The van der Waals surface area contributed by atoms with Crippen molar-refractivity contribution in [3.63, 3.8) is 0 Å². The molecule has 0 saturated carbocycles. The first-order valence-corrected chi connectivity index (χ1v) is 8.66. The van der Waals surface area contributed by atoms with Crippen molar-refractivity contribution in [2.45, 2.75) is 12.5 Å². The van der Waals surface area contributed by atoms with E-state index in [1.165, 1.54) is 12.1 Å². The van der Waals surface area contributed by atoms with Gasteiger partial charge in [-0.15, -0.1) is 0 Å². The van der Waals surface area contributed by atoms with E-state index >= 15 is 0 Å². The number of carbonyl (C=O) groups excluding carboxylic acids is 2. The number of nitrogens with zero attached hydrogens (tertiary/aromatic N) is 1. The van der Waals surface area contributed by atoms with E-state index in [0.717, 1.165) is 11.1 Å². The number of hydrogen-bond donors (Lipinski definition) is 3. The van der Waals surface area contributed by atoms with Crippen LogP contribution in [0.15, 0.2) is 48.5 Å². The molecular weight excluding hydrogens is 347 g/mol. The Morgan fingerprint density at radius 1 is 1.11 bits per heavy atom. The second-order valence-electron chi connectivity index (χ2n) is 6.38.